The highest BCUT2D eigenvalue weighted by Gasteiger charge is 2.15. The number of hydrogen-bond donors (Lipinski definition) is 1. The van der Waals surface area contributed by atoms with Crippen LogP contribution in [-0.2, 0) is 4.79 Å². The number of carbonyl (C=O) groups is 1. The van der Waals surface area contributed by atoms with Gasteiger partial charge in [-0.3, -0.25) is 4.79 Å². The Morgan fingerprint density at radius 2 is 2.00 bits per heavy atom. The molecule has 1 aromatic carbocycles. The zero-order chi connectivity index (χ0) is 12.1. The molecule has 1 rings (SSSR count). The van der Waals surface area contributed by atoms with Crippen LogP contribution in [0.25, 0.3) is 0 Å². The molecule has 0 aromatic heterocycles. The first-order valence-corrected chi connectivity index (χ1v) is 5.63. The molecule has 0 spiro atoms. The zero-order valence-corrected chi connectivity index (χ0v) is 11.7. The molecule has 17 heavy (non-hydrogen) atoms. The van der Waals surface area contributed by atoms with Crippen molar-refractivity contribution in [3.63, 3.8) is 0 Å². The average Bonchev–Trinajstić information content (AvgIpc) is 2.25. The van der Waals surface area contributed by atoms with E-state index in [0.717, 1.165) is 5.69 Å². The van der Waals surface area contributed by atoms with Crippen LogP contribution >= 0.6 is 12.4 Å². The molecule has 0 atom stereocenters. The number of nitrogens with zero attached hydrogens (tertiary/aromatic N) is 1. The molecule has 0 bridgehead atoms. The highest BCUT2D eigenvalue weighted by Crippen LogP contribution is 2.22. The number of benzene rings is 1. The maximum absolute atomic E-state index is 11.9. The van der Waals surface area contributed by atoms with Gasteiger partial charge in [0, 0.05) is 12.2 Å². The van der Waals surface area contributed by atoms with Crippen molar-refractivity contribution in [1.29, 1.82) is 0 Å². The molecule has 3 nitrogen and oxygen atoms in total. The van der Waals surface area contributed by atoms with Crippen LogP contribution in [-0.4, -0.2) is 26.0 Å². The highest BCUT2D eigenvalue weighted by molar-refractivity contribution is 5.95. The number of rotatable bonds is 4. The molecule has 1 amide bonds. The van der Waals surface area contributed by atoms with E-state index < -0.39 is 0 Å². The summed E-state index contributed by atoms with van der Waals surface area (Å²) in [4.78, 5) is 13.7. The van der Waals surface area contributed by atoms with Gasteiger partial charge in [0.05, 0.1) is 6.54 Å². The molecule has 0 unspecified atom stereocenters. The Kier molecular flexibility index (Phi) is 6.85. The molecule has 0 fully saturated rings. The minimum Gasteiger partial charge on any atom is -0.311 e. The third-order valence-corrected chi connectivity index (χ3v) is 2.81. The Bertz CT molecular complexity index is 380. The normalized spacial score (nSPS) is 9.65. The van der Waals surface area contributed by atoms with Crippen molar-refractivity contribution in [2.45, 2.75) is 20.8 Å². The van der Waals surface area contributed by atoms with Crippen molar-refractivity contribution in [2.24, 2.45) is 0 Å². The van der Waals surface area contributed by atoms with Crippen LogP contribution in [0.3, 0.4) is 0 Å². The van der Waals surface area contributed by atoms with Crippen molar-refractivity contribution in [2.75, 3.05) is 25.0 Å². The summed E-state index contributed by atoms with van der Waals surface area (Å²) in [7, 11) is 1.79. The van der Waals surface area contributed by atoms with Gasteiger partial charge in [0.2, 0.25) is 5.91 Å². The monoisotopic (exact) mass is 256 g/mol. The molecular formula is C13H21ClN2O. The fourth-order valence-corrected chi connectivity index (χ4v) is 1.76. The molecule has 0 radical (unpaired) electrons. The van der Waals surface area contributed by atoms with E-state index in [0.29, 0.717) is 13.1 Å². The fourth-order valence-electron chi connectivity index (χ4n) is 1.76. The lowest BCUT2D eigenvalue weighted by Gasteiger charge is -2.23. The largest absolute Gasteiger partial charge is 0.311 e. The number of anilines is 1. The molecular weight excluding hydrogens is 236 g/mol. The van der Waals surface area contributed by atoms with Gasteiger partial charge in [-0.1, -0.05) is 12.1 Å². The summed E-state index contributed by atoms with van der Waals surface area (Å²) >= 11 is 0. The number of likely N-dealkylation sites (N-methyl/N-ethyl adjacent to an activating group) is 2. The fraction of sp³-hybridized carbons (Fsp3) is 0.462. The van der Waals surface area contributed by atoms with Gasteiger partial charge in [-0.15, -0.1) is 12.4 Å². The number of nitrogens with one attached hydrogen (secondary N) is 1. The predicted molar refractivity (Wildman–Crippen MR) is 75.1 cm³/mol. The summed E-state index contributed by atoms with van der Waals surface area (Å²) in [5.74, 6) is 0.110. The molecule has 0 aliphatic heterocycles. The maximum Gasteiger partial charge on any atom is 0.240 e. The van der Waals surface area contributed by atoms with Gasteiger partial charge in [-0.25, -0.2) is 0 Å². The van der Waals surface area contributed by atoms with Crippen LogP contribution in [0.4, 0.5) is 5.69 Å². The van der Waals surface area contributed by atoms with E-state index >= 15 is 0 Å². The first-order valence-electron chi connectivity index (χ1n) is 5.63. The Labute approximate surface area is 110 Å². The van der Waals surface area contributed by atoms with Crippen molar-refractivity contribution in [3.8, 4) is 0 Å². The summed E-state index contributed by atoms with van der Waals surface area (Å²) in [6.07, 6.45) is 0. The van der Waals surface area contributed by atoms with Crippen LogP contribution in [0.5, 0.6) is 0 Å². The van der Waals surface area contributed by atoms with Crippen molar-refractivity contribution >= 4 is 24.0 Å². The summed E-state index contributed by atoms with van der Waals surface area (Å²) in [6.45, 7) is 7.19. The van der Waals surface area contributed by atoms with E-state index in [9.17, 15) is 4.79 Å². The minimum atomic E-state index is 0. The lowest BCUT2D eigenvalue weighted by atomic mass is 10.1. The average molecular weight is 257 g/mol. The standard InChI is InChI=1S/C13H20N2O.ClH/c1-5-15(13(16)9-14-4)12-8-6-7-10(2)11(12)3;/h6-8,14H,5,9H2,1-4H3;1H. The SMILES string of the molecule is CCN(C(=O)CNC)c1cccc(C)c1C.Cl. The second-order valence-corrected chi connectivity index (χ2v) is 3.89. The molecule has 0 heterocycles. The van der Waals surface area contributed by atoms with Gasteiger partial charge in [-0.05, 0) is 45.0 Å². The van der Waals surface area contributed by atoms with Crippen molar-refractivity contribution in [3.05, 3.63) is 29.3 Å². The van der Waals surface area contributed by atoms with Crippen LogP contribution in [0, 0.1) is 13.8 Å². The van der Waals surface area contributed by atoms with Crippen molar-refractivity contribution in [1.82, 2.24) is 5.32 Å². The molecule has 0 saturated carbocycles. The van der Waals surface area contributed by atoms with Crippen LogP contribution < -0.4 is 10.2 Å². The number of aryl methyl sites for hydroxylation is 1. The minimum absolute atomic E-state index is 0. The molecule has 1 N–H and O–H groups in total. The lowest BCUT2D eigenvalue weighted by Crippen LogP contribution is -2.37. The molecule has 4 heteroatoms. The van der Waals surface area contributed by atoms with E-state index in [1.165, 1.54) is 11.1 Å². The van der Waals surface area contributed by atoms with Gasteiger partial charge >= 0.3 is 0 Å². The Morgan fingerprint density at radius 1 is 1.35 bits per heavy atom. The van der Waals surface area contributed by atoms with E-state index in [-0.39, 0.29) is 18.3 Å². The summed E-state index contributed by atoms with van der Waals surface area (Å²) < 4.78 is 0. The van der Waals surface area contributed by atoms with Gasteiger partial charge < -0.3 is 10.2 Å². The molecule has 0 aliphatic carbocycles. The number of halogens is 1. The number of amides is 1. The molecule has 0 aliphatic rings. The van der Waals surface area contributed by atoms with Gasteiger partial charge in [0.15, 0.2) is 0 Å². The maximum atomic E-state index is 11.9. The quantitative estimate of drug-likeness (QED) is 0.897. The van der Waals surface area contributed by atoms with E-state index in [1.54, 1.807) is 7.05 Å². The summed E-state index contributed by atoms with van der Waals surface area (Å²) in [6, 6.07) is 6.06. The van der Waals surface area contributed by atoms with Crippen LogP contribution in [0.1, 0.15) is 18.1 Å². The lowest BCUT2D eigenvalue weighted by molar-refractivity contribution is -0.117. The third-order valence-electron chi connectivity index (χ3n) is 2.81. The summed E-state index contributed by atoms with van der Waals surface area (Å²) in [5, 5.41) is 2.89. The first kappa shape index (κ1) is 15.9. The van der Waals surface area contributed by atoms with Crippen molar-refractivity contribution < 1.29 is 4.79 Å². The Morgan fingerprint density at radius 3 is 2.53 bits per heavy atom. The molecule has 96 valence electrons. The molecule has 0 saturated heterocycles. The van der Waals surface area contributed by atoms with Gasteiger partial charge in [0.1, 0.15) is 0 Å². The van der Waals surface area contributed by atoms with E-state index in [4.69, 9.17) is 0 Å². The zero-order valence-electron chi connectivity index (χ0n) is 10.9. The number of carbonyl (C=O) groups excluding carboxylic acids is 1. The molecule has 1 aromatic rings. The van der Waals surface area contributed by atoms with Gasteiger partial charge in [0.25, 0.3) is 0 Å². The Balaban J connectivity index is 0.00000256. The van der Waals surface area contributed by atoms with E-state index in [1.807, 2.05) is 24.0 Å². The van der Waals surface area contributed by atoms with E-state index in [2.05, 4.69) is 25.2 Å². The topological polar surface area (TPSA) is 32.3 Å². The third kappa shape index (κ3) is 3.72. The second-order valence-electron chi connectivity index (χ2n) is 3.89. The second kappa shape index (κ2) is 7.30. The van der Waals surface area contributed by atoms with Crippen LogP contribution in [0.15, 0.2) is 18.2 Å². The predicted octanol–water partition coefficient (Wildman–Crippen LogP) is 2.30. The number of hydrogen-bond acceptors (Lipinski definition) is 2. The highest BCUT2D eigenvalue weighted by atomic mass is 35.5. The van der Waals surface area contributed by atoms with Gasteiger partial charge in [-0.2, -0.15) is 0 Å². The van der Waals surface area contributed by atoms with Crippen LogP contribution in [0.2, 0.25) is 0 Å². The summed E-state index contributed by atoms with van der Waals surface area (Å²) in [5.41, 5.74) is 3.41. The smallest absolute Gasteiger partial charge is 0.240 e. The first-order chi connectivity index (χ1) is 7.61. The Hall–Kier alpha value is -1.06.